The van der Waals surface area contributed by atoms with Crippen molar-refractivity contribution in [3.63, 3.8) is 0 Å². The second kappa shape index (κ2) is 7.90. The zero-order valence-electron chi connectivity index (χ0n) is 16.4. The van der Waals surface area contributed by atoms with Gasteiger partial charge in [-0.25, -0.2) is 18.2 Å². The van der Waals surface area contributed by atoms with Crippen LogP contribution in [0.1, 0.15) is 15.2 Å². The third-order valence-corrected chi connectivity index (χ3v) is 9.04. The summed E-state index contributed by atoms with van der Waals surface area (Å²) in [7, 11) is -2.61. The van der Waals surface area contributed by atoms with Crippen molar-refractivity contribution in [2.24, 2.45) is 0 Å². The molecular weight excluding hydrogens is 440 g/mol. The number of aromatic nitrogens is 2. The van der Waals surface area contributed by atoms with E-state index in [0.717, 1.165) is 28.0 Å². The number of ether oxygens (including phenoxy) is 1. The van der Waals surface area contributed by atoms with E-state index in [4.69, 9.17) is 4.74 Å². The van der Waals surface area contributed by atoms with Crippen molar-refractivity contribution in [2.75, 3.05) is 13.4 Å². The Bertz CT molecular complexity index is 1370. The summed E-state index contributed by atoms with van der Waals surface area (Å²) >= 11 is 2.40. The first kappa shape index (κ1) is 20.6. The summed E-state index contributed by atoms with van der Waals surface area (Å²) < 4.78 is 32.5. The number of hydrogen-bond donors (Lipinski definition) is 1. The summed E-state index contributed by atoms with van der Waals surface area (Å²) in [5, 5.41) is 0. The minimum atomic E-state index is -3.88. The summed E-state index contributed by atoms with van der Waals surface area (Å²) in [6.45, 7) is 1.97. The van der Waals surface area contributed by atoms with Crippen LogP contribution in [-0.4, -0.2) is 37.7 Å². The van der Waals surface area contributed by atoms with E-state index < -0.39 is 15.8 Å². The molecule has 0 saturated carbocycles. The molecule has 4 aromatic rings. The maximum atomic E-state index is 13.6. The molecule has 1 N–H and O–H groups in total. The van der Waals surface area contributed by atoms with Crippen LogP contribution in [0.5, 0.6) is 0 Å². The van der Waals surface area contributed by atoms with Gasteiger partial charge in [-0.15, -0.1) is 23.1 Å². The van der Waals surface area contributed by atoms with Crippen molar-refractivity contribution in [1.82, 2.24) is 9.97 Å². The lowest BCUT2D eigenvalue weighted by Gasteiger charge is -2.11. The number of methoxy groups -OCH3 is 1. The standard InChI is InChI=1S/C21H18N2O4S3/c1-12-6-4-5-7-14(12)15-8-13(9-16-19(15)23-11-22-16)30(25,26)18-10-17(20(24)27-2)29-21(18)28-3/h4-11H,1-3H3,(H,22,23). The Morgan fingerprint density at radius 1 is 1.17 bits per heavy atom. The van der Waals surface area contributed by atoms with Gasteiger partial charge in [0.1, 0.15) is 4.88 Å². The molecule has 154 valence electrons. The fourth-order valence-electron chi connectivity index (χ4n) is 3.27. The van der Waals surface area contributed by atoms with Crippen LogP contribution in [0, 0.1) is 6.92 Å². The van der Waals surface area contributed by atoms with Crippen molar-refractivity contribution >= 4 is 49.9 Å². The van der Waals surface area contributed by atoms with E-state index in [9.17, 15) is 13.2 Å². The van der Waals surface area contributed by atoms with E-state index in [2.05, 4.69) is 9.97 Å². The third-order valence-electron chi connectivity index (χ3n) is 4.77. The first-order chi connectivity index (χ1) is 14.4. The van der Waals surface area contributed by atoms with E-state index >= 15 is 0 Å². The Morgan fingerprint density at radius 3 is 2.63 bits per heavy atom. The molecule has 0 aliphatic carbocycles. The molecule has 9 heteroatoms. The number of nitrogens with zero attached hydrogens (tertiary/aromatic N) is 1. The molecule has 0 radical (unpaired) electrons. The number of H-pyrrole nitrogens is 1. The number of aromatic amines is 1. The quantitative estimate of drug-likeness (QED) is 0.337. The normalized spacial score (nSPS) is 11.7. The van der Waals surface area contributed by atoms with E-state index in [1.165, 1.54) is 24.9 Å². The van der Waals surface area contributed by atoms with Crippen LogP contribution in [0.25, 0.3) is 22.2 Å². The number of sulfone groups is 1. The van der Waals surface area contributed by atoms with Crippen LogP contribution in [0.4, 0.5) is 0 Å². The molecule has 0 amide bonds. The molecule has 2 heterocycles. The average Bonchev–Trinajstić information content (AvgIpc) is 3.40. The van der Waals surface area contributed by atoms with E-state index in [0.29, 0.717) is 15.2 Å². The highest BCUT2D eigenvalue weighted by molar-refractivity contribution is 8.01. The number of fused-ring (bicyclic) bond motifs is 1. The Kier molecular flexibility index (Phi) is 5.44. The van der Waals surface area contributed by atoms with Gasteiger partial charge in [-0.3, -0.25) is 0 Å². The van der Waals surface area contributed by atoms with Gasteiger partial charge in [-0.2, -0.15) is 0 Å². The molecule has 6 nitrogen and oxygen atoms in total. The molecule has 4 rings (SSSR count). The Hall–Kier alpha value is -2.62. The average molecular weight is 459 g/mol. The number of carbonyl (C=O) groups is 1. The number of thioether (sulfide) groups is 1. The van der Waals surface area contributed by atoms with Crippen LogP contribution in [0.2, 0.25) is 0 Å². The van der Waals surface area contributed by atoms with Crippen molar-refractivity contribution in [3.8, 4) is 11.1 Å². The molecule has 0 spiro atoms. The van der Waals surface area contributed by atoms with Crippen LogP contribution < -0.4 is 0 Å². The van der Waals surface area contributed by atoms with Gasteiger partial charge >= 0.3 is 5.97 Å². The molecule has 0 atom stereocenters. The zero-order chi connectivity index (χ0) is 21.5. The topological polar surface area (TPSA) is 89.1 Å². The molecule has 0 bridgehead atoms. The maximum absolute atomic E-state index is 13.6. The van der Waals surface area contributed by atoms with Gasteiger partial charge in [-0.1, -0.05) is 24.3 Å². The van der Waals surface area contributed by atoms with Crippen molar-refractivity contribution in [1.29, 1.82) is 0 Å². The van der Waals surface area contributed by atoms with Gasteiger partial charge in [-0.05, 0) is 42.5 Å². The van der Waals surface area contributed by atoms with Gasteiger partial charge in [0.2, 0.25) is 9.84 Å². The van der Waals surface area contributed by atoms with E-state index in [1.54, 1.807) is 24.7 Å². The minimum Gasteiger partial charge on any atom is -0.465 e. The van der Waals surface area contributed by atoms with Crippen LogP contribution in [0.15, 0.2) is 62.8 Å². The summed E-state index contributed by atoms with van der Waals surface area (Å²) in [5.41, 5.74) is 4.00. The maximum Gasteiger partial charge on any atom is 0.348 e. The van der Waals surface area contributed by atoms with Crippen molar-refractivity contribution in [3.05, 3.63) is 59.2 Å². The van der Waals surface area contributed by atoms with Crippen LogP contribution in [-0.2, 0) is 14.6 Å². The monoisotopic (exact) mass is 458 g/mol. The number of thiophene rings is 1. The van der Waals surface area contributed by atoms with E-state index in [1.807, 2.05) is 31.2 Å². The number of nitrogens with one attached hydrogen (secondary N) is 1. The Labute approximate surface area is 182 Å². The summed E-state index contributed by atoms with van der Waals surface area (Å²) in [5.74, 6) is -0.554. The molecule has 0 aliphatic heterocycles. The fraction of sp³-hybridized carbons (Fsp3) is 0.143. The molecule has 0 unspecified atom stereocenters. The lowest BCUT2D eigenvalue weighted by molar-refractivity contribution is 0.0606. The number of esters is 1. The molecule has 2 aromatic heterocycles. The predicted octanol–water partition coefficient (Wildman–Crippen LogP) is 4.94. The number of hydrogen-bond acceptors (Lipinski definition) is 7. The lowest BCUT2D eigenvalue weighted by Crippen LogP contribution is -2.03. The summed E-state index contributed by atoms with van der Waals surface area (Å²) in [6, 6.07) is 12.4. The first-order valence-electron chi connectivity index (χ1n) is 8.91. The van der Waals surface area contributed by atoms with Crippen molar-refractivity contribution < 1.29 is 17.9 Å². The number of rotatable bonds is 5. The summed E-state index contributed by atoms with van der Waals surface area (Å²) in [6.07, 6.45) is 3.33. The Balaban J connectivity index is 1.95. The van der Waals surface area contributed by atoms with Gasteiger partial charge in [0.25, 0.3) is 0 Å². The smallest absolute Gasteiger partial charge is 0.348 e. The van der Waals surface area contributed by atoms with Crippen LogP contribution >= 0.6 is 23.1 Å². The van der Waals surface area contributed by atoms with Gasteiger partial charge in [0.05, 0.1) is 38.5 Å². The SMILES string of the molecule is COC(=O)c1cc(S(=O)(=O)c2cc(-c3ccccc3C)c3nc[nH]c3c2)c(SC)s1. The van der Waals surface area contributed by atoms with Gasteiger partial charge < -0.3 is 9.72 Å². The number of aryl methyl sites for hydroxylation is 1. The molecule has 2 aromatic carbocycles. The molecule has 0 fully saturated rings. The zero-order valence-corrected chi connectivity index (χ0v) is 18.9. The second-order valence-corrected chi connectivity index (χ2v) is 10.6. The largest absolute Gasteiger partial charge is 0.465 e. The van der Waals surface area contributed by atoms with Gasteiger partial charge in [0, 0.05) is 5.56 Å². The second-order valence-electron chi connectivity index (χ2n) is 6.55. The van der Waals surface area contributed by atoms with Gasteiger partial charge in [0.15, 0.2) is 0 Å². The number of benzene rings is 2. The Morgan fingerprint density at radius 2 is 1.93 bits per heavy atom. The highest BCUT2D eigenvalue weighted by Gasteiger charge is 2.28. The minimum absolute atomic E-state index is 0.106. The highest BCUT2D eigenvalue weighted by atomic mass is 32.2. The lowest BCUT2D eigenvalue weighted by atomic mass is 9.99. The molecule has 0 saturated heterocycles. The fourth-order valence-corrected chi connectivity index (χ4v) is 7.24. The third kappa shape index (κ3) is 3.42. The summed E-state index contributed by atoms with van der Waals surface area (Å²) in [4.78, 5) is 19.9. The first-order valence-corrected chi connectivity index (χ1v) is 12.4. The highest BCUT2D eigenvalue weighted by Crippen LogP contribution is 2.39. The predicted molar refractivity (Wildman–Crippen MR) is 119 cm³/mol. The molecular formula is C21H18N2O4S3. The number of carbonyl (C=O) groups excluding carboxylic acids is 1. The molecule has 0 aliphatic rings. The molecule has 30 heavy (non-hydrogen) atoms. The number of imidazole rings is 1. The van der Waals surface area contributed by atoms with Crippen LogP contribution in [0.3, 0.4) is 0 Å². The van der Waals surface area contributed by atoms with Crippen molar-refractivity contribution in [2.45, 2.75) is 20.9 Å². The van der Waals surface area contributed by atoms with E-state index in [-0.39, 0.29) is 14.7 Å².